The number of carbonyl (C=O) groups is 1. The highest BCUT2D eigenvalue weighted by Gasteiger charge is 2.20. The molecule has 147 valence electrons. The monoisotopic (exact) mass is 439 g/mol. The van der Waals surface area contributed by atoms with E-state index in [1.807, 2.05) is 0 Å². The van der Waals surface area contributed by atoms with E-state index in [2.05, 4.69) is 17.2 Å². The molecule has 0 aliphatic heterocycles. The van der Waals surface area contributed by atoms with Crippen molar-refractivity contribution in [2.75, 3.05) is 6.54 Å². The number of rotatable bonds is 8. The highest BCUT2D eigenvalue weighted by Crippen LogP contribution is 2.24. The summed E-state index contributed by atoms with van der Waals surface area (Å²) in [5.41, 5.74) is 0.00121. The number of nitrogens with one attached hydrogen (secondary N) is 1. The lowest BCUT2D eigenvalue weighted by Gasteiger charge is -2.05. The molecule has 3 rings (SSSR count). The molecular weight excluding hydrogens is 421 g/mol. The van der Waals surface area contributed by atoms with Crippen LogP contribution < -0.4 is 10.9 Å². The minimum Gasteiger partial charge on any atom is -0.501 e. The Balaban J connectivity index is 1.81. The van der Waals surface area contributed by atoms with Crippen molar-refractivity contribution in [3.8, 4) is 5.75 Å². The molecule has 0 atom stereocenters. The van der Waals surface area contributed by atoms with Gasteiger partial charge in [0.2, 0.25) is 5.75 Å². The molecule has 2 aromatic heterocycles. The lowest BCUT2D eigenvalue weighted by molar-refractivity contribution is -0.670. The number of aromatic nitrogens is 2. The van der Waals surface area contributed by atoms with Crippen LogP contribution in [0.2, 0.25) is 10.0 Å². The Morgan fingerprint density at radius 3 is 2.82 bits per heavy atom. The average Bonchev–Trinajstić information content (AvgIpc) is 3.09. The number of hydrogen-bond acceptors (Lipinski definition) is 6. The predicted octanol–water partition coefficient (Wildman–Crippen LogP) is 2.84. The van der Waals surface area contributed by atoms with Gasteiger partial charge < -0.3 is 5.11 Å². The van der Waals surface area contributed by atoms with E-state index in [0.29, 0.717) is 28.0 Å². The van der Waals surface area contributed by atoms with Crippen LogP contribution in [0, 0.1) is 0 Å². The van der Waals surface area contributed by atoms with Gasteiger partial charge in [0.15, 0.2) is 23.0 Å². The molecule has 3 aromatic rings. The van der Waals surface area contributed by atoms with Crippen molar-refractivity contribution in [1.82, 2.24) is 9.38 Å². The van der Waals surface area contributed by atoms with E-state index in [9.17, 15) is 14.7 Å². The maximum absolute atomic E-state index is 12.6. The first kappa shape index (κ1) is 20.8. The summed E-state index contributed by atoms with van der Waals surface area (Å²) in [6.07, 6.45) is 3.13. The van der Waals surface area contributed by atoms with Gasteiger partial charge >= 0.3 is 5.56 Å². The molecule has 1 aromatic carbocycles. The van der Waals surface area contributed by atoms with E-state index in [-0.39, 0.29) is 12.1 Å². The lowest BCUT2D eigenvalue weighted by atomic mass is 10.1. The Hall–Kier alpha value is -1.93. The van der Waals surface area contributed by atoms with Crippen LogP contribution in [-0.4, -0.2) is 26.8 Å². The third-order valence-electron chi connectivity index (χ3n) is 4.17. The van der Waals surface area contributed by atoms with Gasteiger partial charge in [0.25, 0.3) is 0 Å². The summed E-state index contributed by atoms with van der Waals surface area (Å²) < 4.78 is 1.28. The maximum atomic E-state index is 12.6. The molecule has 0 aliphatic carbocycles. The summed E-state index contributed by atoms with van der Waals surface area (Å²) in [5, 5.41) is 14.3. The summed E-state index contributed by atoms with van der Waals surface area (Å²) in [5.74, 6) is -1.02. The minimum absolute atomic E-state index is 0.0877. The van der Waals surface area contributed by atoms with Crippen molar-refractivity contribution < 1.29 is 15.2 Å². The number of carbonyl (C=O) groups excluding carboxylic acids is 1. The van der Waals surface area contributed by atoms with Gasteiger partial charge in [0.05, 0.1) is 14.9 Å². The van der Waals surface area contributed by atoms with Gasteiger partial charge in [-0.3, -0.25) is 14.0 Å². The standard InChI is InChI=1S/C19H19Cl2N3O3S/c1-2-7-22-9-12-10-24-18(27)17(26)16(23-19(24)28-12)15(25)6-4-11-3-5-13(20)14(21)8-11/h3,5,8,10,22,26H,2,4,6-7,9H2,1H3/q+1. The Morgan fingerprint density at radius 2 is 2.11 bits per heavy atom. The van der Waals surface area contributed by atoms with Gasteiger partial charge in [-0.1, -0.05) is 47.5 Å². The molecule has 0 saturated carbocycles. The second kappa shape index (κ2) is 9.05. The number of halogens is 2. The van der Waals surface area contributed by atoms with Crippen molar-refractivity contribution in [1.29, 1.82) is 0 Å². The predicted molar refractivity (Wildman–Crippen MR) is 110 cm³/mol. The SMILES string of the molecule is CCC[NH+]Cc1cn2c(=O)c(O)c(C(=O)CCc3ccc(Cl)c(Cl)c3)nc2s1. The van der Waals surface area contributed by atoms with Crippen LogP contribution in [0.3, 0.4) is 0 Å². The van der Waals surface area contributed by atoms with E-state index in [1.54, 1.807) is 24.4 Å². The summed E-state index contributed by atoms with van der Waals surface area (Å²) in [4.78, 5) is 30.5. The number of nitrogens with zero attached hydrogens (tertiary/aromatic N) is 2. The number of Topliss-reactive ketones (excluding diaryl/α,β-unsaturated/α-hetero) is 1. The quantitative estimate of drug-likeness (QED) is 0.417. The zero-order valence-electron chi connectivity index (χ0n) is 15.2. The molecule has 0 amide bonds. The fourth-order valence-electron chi connectivity index (χ4n) is 2.71. The van der Waals surface area contributed by atoms with E-state index in [1.165, 1.54) is 15.7 Å². The van der Waals surface area contributed by atoms with Gasteiger partial charge in [0.1, 0.15) is 6.54 Å². The zero-order chi connectivity index (χ0) is 20.3. The van der Waals surface area contributed by atoms with Crippen LogP contribution in [0.15, 0.2) is 29.2 Å². The van der Waals surface area contributed by atoms with Crippen molar-refractivity contribution in [3.63, 3.8) is 0 Å². The topological polar surface area (TPSA) is 87.3 Å². The van der Waals surface area contributed by atoms with E-state index < -0.39 is 17.1 Å². The van der Waals surface area contributed by atoms with Gasteiger partial charge in [0, 0.05) is 12.6 Å². The number of thiazole rings is 1. The molecule has 0 spiro atoms. The maximum Gasteiger partial charge on any atom is 0.301 e. The van der Waals surface area contributed by atoms with E-state index in [4.69, 9.17) is 23.2 Å². The highest BCUT2D eigenvalue weighted by molar-refractivity contribution is 7.17. The Morgan fingerprint density at radius 1 is 1.32 bits per heavy atom. The summed E-state index contributed by atoms with van der Waals surface area (Å²) in [6.45, 7) is 3.53. The first-order chi connectivity index (χ1) is 13.4. The Bertz CT molecular complexity index is 1080. The number of benzene rings is 1. The number of aryl methyl sites for hydroxylation is 1. The molecule has 0 unspecified atom stereocenters. The Kier molecular flexibility index (Phi) is 6.72. The zero-order valence-corrected chi connectivity index (χ0v) is 17.5. The van der Waals surface area contributed by atoms with Crippen molar-refractivity contribution in [3.05, 3.63) is 60.9 Å². The smallest absolute Gasteiger partial charge is 0.301 e. The molecule has 9 heteroatoms. The summed E-state index contributed by atoms with van der Waals surface area (Å²) >= 11 is 13.2. The second-order valence-corrected chi connectivity index (χ2v) is 8.22. The van der Waals surface area contributed by atoms with Crippen LogP contribution in [0.5, 0.6) is 5.75 Å². The van der Waals surface area contributed by atoms with Gasteiger partial charge in [-0.2, -0.15) is 5.32 Å². The lowest BCUT2D eigenvalue weighted by Crippen LogP contribution is -2.82. The average molecular weight is 440 g/mol. The normalized spacial score (nSPS) is 11.2. The molecule has 1 radical (unpaired) electrons. The molecule has 6 nitrogen and oxygen atoms in total. The minimum atomic E-state index is -0.638. The number of fused-ring (bicyclic) bond motifs is 1. The first-order valence-corrected chi connectivity index (χ1v) is 10.4. The third kappa shape index (κ3) is 4.55. The molecule has 2 N–H and O–H groups in total. The summed E-state index contributed by atoms with van der Waals surface area (Å²) in [7, 11) is 0. The van der Waals surface area contributed by atoms with Crippen LogP contribution in [0.25, 0.3) is 4.96 Å². The fraction of sp³-hybridized carbons (Fsp3) is 0.316. The van der Waals surface area contributed by atoms with Gasteiger partial charge in [-0.25, -0.2) is 4.98 Å². The molecule has 0 fully saturated rings. The van der Waals surface area contributed by atoms with Gasteiger partial charge in [-0.15, -0.1) is 0 Å². The van der Waals surface area contributed by atoms with Crippen LogP contribution in [-0.2, 0) is 13.0 Å². The molecule has 0 saturated heterocycles. The van der Waals surface area contributed by atoms with E-state index in [0.717, 1.165) is 23.4 Å². The third-order valence-corrected chi connectivity index (χ3v) is 5.89. The number of hydrogen-bond donors (Lipinski definition) is 2. The van der Waals surface area contributed by atoms with Crippen LogP contribution in [0.4, 0.5) is 0 Å². The fourth-order valence-corrected chi connectivity index (χ4v) is 3.97. The van der Waals surface area contributed by atoms with Crippen molar-refractivity contribution in [2.45, 2.75) is 32.7 Å². The van der Waals surface area contributed by atoms with Crippen LogP contribution in [0.1, 0.15) is 40.7 Å². The Labute approximate surface area is 175 Å². The van der Waals surface area contributed by atoms with Crippen LogP contribution >= 0.6 is 34.5 Å². The second-order valence-electron chi connectivity index (χ2n) is 6.31. The number of aromatic hydroxyl groups is 1. The number of ketones is 1. The molecule has 0 aliphatic rings. The highest BCUT2D eigenvalue weighted by atomic mass is 35.5. The van der Waals surface area contributed by atoms with Crippen molar-refractivity contribution >= 4 is 45.3 Å². The van der Waals surface area contributed by atoms with Crippen molar-refractivity contribution in [2.24, 2.45) is 0 Å². The van der Waals surface area contributed by atoms with Gasteiger partial charge in [-0.05, 0) is 30.5 Å². The first-order valence-electron chi connectivity index (χ1n) is 8.82. The largest absolute Gasteiger partial charge is 0.501 e. The molecule has 28 heavy (non-hydrogen) atoms. The molecule has 0 bridgehead atoms. The summed E-state index contributed by atoms with van der Waals surface area (Å²) in [6, 6.07) is 5.14. The van der Waals surface area contributed by atoms with E-state index >= 15 is 0 Å². The molecule has 2 heterocycles. The molecular formula is C19H19Cl2N3O3S+.